The van der Waals surface area contributed by atoms with Gasteiger partial charge < -0.3 is 4.90 Å². The maximum atomic E-state index is 2.58. The Balaban J connectivity index is 1.94. The van der Waals surface area contributed by atoms with Gasteiger partial charge in [0.1, 0.15) is 0 Å². The Bertz CT molecular complexity index is 317. The van der Waals surface area contributed by atoms with E-state index in [4.69, 9.17) is 0 Å². The summed E-state index contributed by atoms with van der Waals surface area (Å²) in [7, 11) is 0. The Morgan fingerprint density at radius 2 is 2.08 bits per heavy atom. The Labute approximate surface area is 79.4 Å². The summed E-state index contributed by atoms with van der Waals surface area (Å²) in [6, 6.07) is 10.8. The summed E-state index contributed by atoms with van der Waals surface area (Å²) in [5, 5.41) is 0. The molecule has 1 aliphatic carbocycles. The van der Waals surface area contributed by atoms with Crippen LogP contribution >= 0.6 is 0 Å². The van der Waals surface area contributed by atoms with Crippen LogP contribution in [0, 0.1) is 5.92 Å². The molecule has 1 saturated carbocycles. The summed E-state index contributed by atoms with van der Waals surface area (Å²) >= 11 is 0. The Morgan fingerprint density at radius 3 is 2.62 bits per heavy atom. The van der Waals surface area contributed by atoms with Crippen LogP contribution in [0.5, 0.6) is 0 Å². The summed E-state index contributed by atoms with van der Waals surface area (Å²) in [6.07, 6.45) is 2.80. The second kappa shape index (κ2) is 2.28. The normalized spacial score (nSPS) is 36.1. The molecule has 1 nitrogen and oxygen atoms in total. The van der Waals surface area contributed by atoms with Crippen molar-refractivity contribution < 1.29 is 0 Å². The van der Waals surface area contributed by atoms with E-state index in [0.717, 1.165) is 5.92 Å². The number of nitrogens with zero attached hydrogens (tertiary/aromatic N) is 1. The first-order valence-corrected chi connectivity index (χ1v) is 5.13. The minimum absolute atomic E-state index is 0.515. The molecule has 1 aromatic rings. The van der Waals surface area contributed by atoms with Crippen LogP contribution in [0.15, 0.2) is 30.3 Å². The van der Waals surface area contributed by atoms with Gasteiger partial charge in [-0.15, -0.1) is 0 Å². The summed E-state index contributed by atoms with van der Waals surface area (Å²) in [6.45, 7) is 3.66. The lowest BCUT2D eigenvalue weighted by atomic mass is 10.2. The van der Waals surface area contributed by atoms with Gasteiger partial charge in [0.15, 0.2) is 0 Å². The van der Waals surface area contributed by atoms with Gasteiger partial charge in [-0.2, -0.15) is 0 Å². The number of para-hydroxylation sites is 1. The fourth-order valence-corrected chi connectivity index (χ4v) is 2.76. The van der Waals surface area contributed by atoms with Crippen molar-refractivity contribution in [3.8, 4) is 0 Å². The number of hydrogen-bond acceptors (Lipinski definition) is 1. The zero-order chi connectivity index (χ0) is 8.89. The predicted octanol–water partition coefficient (Wildman–Crippen LogP) is 2.68. The van der Waals surface area contributed by atoms with Crippen LogP contribution in [0.25, 0.3) is 0 Å². The highest BCUT2D eigenvalue weighted by molar-refractivity contribution is 5.53. The summed E-state index contributed by atoms with van der Waals surface area (Å²) in [5.41, 5.74) is 1.92. The highest BCUT2D eigenvalue weighted by Crippen LogP contribution is 2.56. The highest BCUT2D eigenvalue weighted by atomic mass is 15.3. The second-order valence-corrected chi connectivity index (χ2v) is 4.53. The number of rotatable bonds is 1. The molecule has 13 heavy (non-hydrogen) atoms. The number of hydrogen-bond donors (Lipinski definition) is 0. The van der Waals surface area contributed by atoms with Crippen molar-refractivity contribution >= 4 is 5.69 Å². The third kappa shape index (κ3) is 0.932. The zero-order valence-electron chi connectivity index (χ0n) is 8.03. The standard InChI is InChI=1S/C12H15N/c1-12-9-10(12)7-8-13(12)11-5-3-2-4-6-11/h2-6,10H,7-9H2,1H3. The quantitative estimate of drug-likeness (QED) is 0.631. The molecule has 3 rings (SSSR count). The van der Waals surface area contributed by atoms with E-state index in [1.807, 2.05) is 0 Å². The van der Waals surface area contributed by atoms with Crippen molar-refractivity contribution in [3.05, 3.63) is 30.3 Å². The molecule has 2 unspecified atom stereocenters. The third-order valence-electron chi connectivity index (χ3n) is 3.76. The van der Waals surface area contributed by atoms with Crippen molar-refractivity contribution in [2.75, 3.05) is 11.4 Å². The van der Waals surface area contributed by atoms with Gasteiger partial charge in [0.2, 0.25) is 0 Å². The minimum Gasteiger partial charge on any atom is -0.366 e. The van der Waals surface area contributed by atoms with E-state index in [0.29, 0.717) is 5.54 Å². The molecule has 0 radical (unpaired) electrons. The van der Waals surface area contributed by atoms with Gasteiger partial charge in [0.05, 0.1) is 0 Å². The fraction of sp³-hybridized carbons (Fsp3) is 0.500. The zero-order valence-corrected chi connectivity index (χ0v) is 8.03. The molecule has 0 spiro atoms. The average molecular weight is 173 g/mol. The third-order valence-corrected chi connectivity index (χ3v) is 3.76. The molecule has 0 amide bonds. The van der Waals surface area contributed by atoms with E-state index in [1.165, 1.54) is 25.1 Å². The predicted molar refractivity (Wildman–Crippen MR) is 54.9 cm³/mol. The first-order valence-electron chi connectivity index (χ1n) is 5.13. The molecular weight excluding hydrogens is 158 g/mol. The Hall–Kier alpha value is -0.980. The van der Waals surface area contributed by atoms with E-state index in [9.17, 15) is 0 Å². The molecule has 1 saturated heterocycles. The first kappa shape index (κ1) is 7.43. The van der Waals surface area contributed by atoms with Gasteiger partial charge in [0.25, 0.3) is 0 Å². The molecule has 1 aromatic carbocycles. The molecule has 2 atom stereocenters. The van der Waals surface area contributed by atoms with E-state index in [2.05, 4.69) is 42.2 Å². The smallest absolute Gasteiger partial charge is 0.0407 e. The number of anilines is 1. The second-order valence-electron chi connectivity index (χ2n) is 4.53. The lowest BCUT2D eigenvalue weighted by molar-refractivity contribution is 0.688. The van der Waals surface area contributed by atoms with E-state index >= 15 is 0 Å². The van der Waals surface area contributed by atoms with Crippen molar-refractivity contribution in [1.29, 1.82) is 0 Å². The molecule has 1 heteroatoms. The molecule has 2 aliphatic rings. The summed E-state index contributed by atoms with van der Waals surface area (Å²) in [4.78, 5) is 2.58. The van der Waals surface area contributed by atoms with Crippen LogP contribution in [0.4, 0.5) is 5.69 Å². The SMILES string of the molecule is CC12CC1CCN2c1ccccc1. The van der Waals surface area contributed by atoms with Gasteiger partial charge in [-0.25, -0.2) is 0 Å². The summed E-state index contributed by atoms with van der Waals surface area (Å²) in [5.74, 6) is 0.979. The molecule has 0 aromatic heterocycles. The maximum Gasteiger partial charge on any atom is 0.0407 e. The lowest BCUT2D eigenvalue weighted by Gasteiger charge is -2.27. The molecule has 68 valence electrons. The van der Waals surface area contributed by atoms with Crippen LogP contribution in [-0.2, 0) is 0 Å². The monoisotopic (exact) mass is 173 g/mol. The van der Waals surface area contributed by atoms with Crippen LogP contribution in [0.3, 0.4) is 0 Å². The lowest BCUT2D eigenvalue weighted by Crippen LogP contribution is -2.31. The van der Waals surface area contributed by atoms with Gasteiger partial charge >= 0.3 is 0 Å². The largest absolute Gasteiger partial charge is 0.366 e. The molecule has 1 aliphatic heterocycles. The van der Waals surface area contributed by atoms with Crippen LogP contribution < -0.4 is 4.90 Å². The average Bonchev–Trinajstić information content (AvgIpc) is 2.71. The van der Waals surface area contributed by atoms with Crippen LogP contribution in [0.2, 0.25) is 0 Å². The maximum absolute atomic E-state index is 2.58. The van der Waals surface area contributed by atoms with Crippen molar-refractivity contribution in [2.24, 2.45) is 5.92 Å². The van der Waals surface area contributed by atoms with E-state index in [1.54, 1.807) is 0 Å². The molecule has 0 bridgehead atoms. The van der Waals surface area contributed by atoms with Gasteiger partial charge in [-0.1, -0.05) is 18.2 Å². The van der Waals surface area contributed by atoms with Gasteiger partial charge in [0, 0.05) is 17.8 Å². The van der Waals surface area contributed by atoms with Crippen LogP contribution in [0.1, 0.15) is 19.8 Å². The highest BCUT2D eigenvalue weighted by Gasteiger charge is 2.58. The van der Waals surface area contributed by atoms with Gasteiger partial charge in [-0.3, -0.25) is 0 Å². The van der Waals surface area contributed by atoms with Crippen molar-refractivity contribution in [3.63, 3.8) is 0 Å². The van der Waals surface area contributed by atoms with E-state index < -0.39 is 0 Å². The number of benzene rings is 1. The minimum atomic E-state index is 0.515. The molecule has 1 heterocycles. The molecule has 0 N–H and O–H groups in total. The van der Waals surface area contributed by atoms with Crippen molar-refractivity contribution in [2.45, 2.75) is 25.3 Å². The fourth-order valence-electron chi connectivity index (χ4n) is 2.76. The van der Waals surface area contributed by atoms with E-state index in [-0.39, 0.29) is 0 Å². The first-order chi connectivity index (χ1) is 6.31. The van der Waals surface area contributed by atoms with Gasteiger partial charge in [-0.05, 0) is 37.8 Å². The topological polar surface area (TPSA) is 3.24 Å². The van der Waals surface area contributed by atoms with Crippen molar-refractivity contribution in [1.82, 2.24) is 0 Å². The molecule has 2 fully saturated rings. The Kier molecular flexibility index (Phi) is 1.30. The van der Waals surface area contributed by atoms with Crippen LogP contribution in [-0.4, -0.2) is 12.1 Å². The number of fused-ring (bicyclic) bond motifs is 1. The Morgan fingerprint density at radius 1 is 1.31 bits per heavy atom. The number of piperidine rings is 1. The summed E-state index contributed by atoms with van der Waals surface area (Å²) < 4.78 is 0. The molecular formula is C12H15N.